The monoisotopic (exact) mass is 493 g/mol. The highest BCUT2D eigenvalue weighted by molar-refractivity contribution is 9.10. The molecular formula is C27H32BrNOSi. The molecule has 0 spiro atoms. The van der Waals surface area contributed by atoms with Gasteiger partial charge in [0.15, 0.2) is 0 Å². The standard InChI is InChI=1S/C27H32BrNOSi/c1-20-24-15-10-16-26(28)25(24)17-21(29-20)18-30-19-27(2,3)31(22-11-6-4-7-12-22)23-13-8-5-9-14-23/h4-16,20-21,29,31H,17-19H2,1-3H3/t20-,21+/m0/s1. The molecule has 1 N–H and O–H groups in total. The lowest BCUT2D eigenvalue weighted by molar-refractivity contribution is 0.0889. The third-order valence-corrected chi connectivity index (χ3v) is 11.0. The molecular weight excluding hydrogens is 462 g/mol. The van der Waals surface area contributed by atoms with Crippen molar-refractivity contribution in [2.75, 3.05) is 13.2 Å². The van der Waals surface area contributed by atoms with Crippen LogP contribution in [0.5, 0.6) is 0 Å². The molecule has 1 aliphatic rings. The van der Waals surface area contributed by atoms with E-state index in [1.807, 2.05) is 0 Å². The average Bonchev–Trinajstić information content (AvgIpc) is 2.76. The second-order valence-electron chi connectivity index (χ2n) is 9.36. The number of hydrogen-bond donors (Lipinski definition) is 1. The van der Waals surface area contributed by atoms with Gasteiger partial charge in [0, 0.05) is 23.2 Å². The number of ether oxygens (including phenoxy) is 1. The molecule has 0 saturated carbocycles. The molecule has 2 atom stereocenters. The largest absolute Gasteiger partial charge is 0.380 e. The molecule has 0 aromatic heterocycles. The Morgan fingerprint density at radius 3 is 2.16 bits per heavy atom. The highest BCUT2D eigenvalue weighted by atomic mass is 79.9. The molecule has 0 radical (unpaired) electrons. The van der Waals surface area contributed by atoms with Crippen LogP contribution in [0.2, 0.25) is 5.04 Å². The fourth-order valence-electron chi connectivity index (χ4n) is 4.99. The van der Waals surface area contributed by atoms with Gasteiger partial charge in [-0.3, -0.25) is 0 Å². The van der Waals surface area contributed by atoms with E-state index in [0.717, 1.165) is 19.6 Å². The van der Waals surface area contributed by atoms with Crippen LogP contribution in [0.4, 0.5) is 0 Å². The van der Waals surface area contributed by atoms with Gasteiger partial charge in [-0.2, -0.15) is 0 Å². The highest BCUT2D eigenvalue weighted by Crippen LogP contribution is 2.32. The normalized spacial score (nSPS) is 18.7. The molecule has 1 heterocycles. The molecule has 162 valence electrons. The molecule has 0 aliphatic carbocycles. The van der Waals surface area contributed by atoms with E-state index in [0.29, 0.717) is 12.1 Å². The Hall–Kier alpha value is -1.72. The molecule has 31 heavy (non-hydrogen) atoms. The van der Waals surface area contributed by atoms with Gasteiger partial charge in [0.1, 0.15) is 8.80 Å². The van der Waals surface area contributed by atoms with E-state index in [9.17, 15) is 0 Å². The zero-order valence-corrected chi connectivity index (χ0v) is 21.4. The molecule has 2 nitrogen and oxygen atoms in total. The highest BCUT2D eigenvalue weighted by Gasteiger charge is 2.34. The Balaban J connectivity index is 1.46. The van der Waals surface area contributed by atoms with Gasteiger partial charge in [0.05, 0.1) is 6.61 Å². The Kier molecular flexibility index (Phi) is 7.12. The number of fused-ring (bicyclic) bond motifs is 1. The summed E-state index contributed by atoms with van der Waals surface area (Å²) in [5, 5.41) is 6.80. The Morgan fingerprint density at radius 1 is 0.935 bits per heavy atom. The van der Waals surface area contributed by atoms with Crippen molar-refractivity contribution in [2.45, 2.75) is 44.3 Å². The first-order valence-electron chi connectivity index (χ1n) is 11.2. The first-order chi connectivity index (χ1) is 15.0. The van der Waals surface area contributed by atoms with Crippen LogP contribution < -0.4 is 15.7 Å². The summed E-state index contributed by atoms with van der Waals surface area (Å²) >= 11 is 3.74. The van der Waals surface area contributed by atoms with Gasteiger partial charge >= 0.3 is 0 Å². The number of nitrogens with one attached hydrogen (secondary N) is 1. The summed E-state index contributed by atoms with van der Waals surface area (Å²) in [6.07, 6.45) is 1.000. The van der Waals surface area contributed by atoms with Crippen molar-refractivity contribution in [1.29, 1.82) is 0 Å². The summed E-state index contributed by atoms with van der Waals surface area (Å²) < 4.78 is 7.63. The summed E-state index contributed by atoms with van der Waals surface area (Å²) in [5.41, 5.74) is 2.81. The maximum Gasteiger partial charge on any atom is 0.110 e. The summed E-state index contributed by atoms with van der Waals surface area (Å²) in [4.78, 5) is 0. The molecule has 0 bridgehead atoms. The lowest BCUT2D eigenvalue weighted by atomic mass is 9.91. The van der Waals surface area contributed by atoms with Crippen molar-refractivity contribution >= 4 is 35.1 Å². The van der Waals surface area contributed by atoms with Gasteiger partial charge in [-0.1, -0.05) is 113 Å². The Morgan fingerprint density at radius 2 is 1.55 bits per heavy atom. The lowest BCUT2D eigenvalue weighted by Gasteiger charge is -2.36. The van der Waals surface area contributed by atoms with E-state index in [-0.39, 0.29) is 5.04 Å². The zero-order valence-electron chi connectivity index (χ0n) is 18.6. The fourth-order valence-corrected chi connectivity index (χ4v) is 9.22. The summed E-state index contributed by atoms with van der Waals surface area (Å²) in [5.74, 6) is 0. The van der Waals surface area contributed by atoms with E-state index in [4.69, 9.17) is 4.74 Å². The molecule has 0 unspecified atom stereocenters. The van der Waals surface area contributed by atoms with Crippen molar-refractivity contribution in [3.8, 4) is 0 Å². The molecule has 4 rings (SSSR count). The number of halogens is 1. The van der Waals surface area contributed by atoms with Crippen molar-refractivity contribution in [3.63, 3.8) is 0 Å². The molecule has 3 aromatic carbocycles. The van der Waals surface area contributed by atoms with E-state index in [2.05, 4.69) is 121 Å². The van der Waals surface area contributed by atoms with E-state index in [1.165, 1.54) is 26.0 Å². The van der Waals surface area contributed by atoms with Crippen LogP contribution in [0.15, 0.2) is 83.3 Å². The Bertz CT molecular complexity index is 953. The first-order valence-corrected chi connectivity index (χ1v) is 13.7. The van der Waals surface area contributed by atoms with Crippen LogP contribution in [0, 0.1) is 0 Å². The van der Waals surface area contributed by atoms with Crippen molar-refractivity contribution < 1.29 is 4.74 Å². The first kappa shape index (κ1) is 22.5. The molecule has 3 aromatic rings. The second-order valence-corrected chi connectivity index (χ2v) is 14.0. The summed E-state index contributed by atoms with van der Waals surface area (Å²) in [6, 6.07) is 29.2. The van der Waals surface area contributed by atoms with Crippen LogP contribution in [-0.4, -0.2) is 28.1 Å². The van der Waals surface area contributed by atoms with E-state index in [1.54, 1.807) is 0 Å². The number of hydrogen-bond acceptors (Lipinski definition) is 2. The van der Waals surface area contributed by atoms with Crippen LogP contribution >= 0.6 is 15.9 Å². The topological polar surface area (TPSA) is 21.3 Å². The third kappa shape index (κ3) is 5.20. The fraction of sp³-hybridized carbons (Fsp3) is 0.333. The van der Waals surface area contributed by atoms with Gasteiger partial charge in [-0.15, -0.1) is 0 Å². The molecule has 0 amide bonds. The lowest BCUT2D eigenvalue weighted by Crippen LogP contribution is -2.52. The van der Waals surface area contributed by atoms with Gasteiger partial charge in [-0.05, 0) is 35.6 Å². The Labute approximate surface area is 196 Å². The molecule has 0 saturated heterocycles. The minimum atomic E-state index is -1.46. The van der Waals surface area contributed by atoms with Gasteiger partial charge < -0.3 is 10.1 Å². The second kappa shape index (κ2) is 9.82. The summed E-state index contributed by atoms with van der Waals surface area (Å²) in [6.45, 7) is 8.51. The zero-order chi connectivity index (χ0) is 21.8. The van der Waals surface area contributed by atoms with Gasteiger partial charge in [0.2, 0.25) is 0 Å². The minimum Gasteiger partial charge on any atom is -0.380 e. The quantitative estimate of drug-likeness (QED) is 0.474. The van der Waals surface area contributed by atoms with E-state index < -0.39 is 8.80 Å². The van der Waals surface area contributed by atoms with Crippen LogP contribution in [-0.2, 0) is 11.2 Å². The van der Waals surface area contributed by atoms with E-state index >= 15 is 0 Å². The average molecular weight is 495 g/mol. The van der Waals surface area contributed by atoms with Crippen LogP contribution in [0.1, 0.15) is 37.9 Å². The van der Waals surface area contributed by atoms with Crippen molar-refractivity contribution in [3.05, 3.63) is 94.5 Å². The van der Waals surface area contributed by atoms with Crippen molar-refractivity contribution in [2.24, 2.45) is 0 Å². The number of rotatable bonds is 7. The summed E-state index contributed by atoms with van der Waals surface area (Å²) in [7, 11) is -1.46. The van der Waals surface area contributed by atoms with Gasteiger partial charge in [0.25, 0.3) is 0 Å². The molecule has 0 fully saturated rings. The van der Waals surface area contributed by atoms with Crippen molar-refractivity contribution in [1.82, 2.24) is 5.32 Å². The van der Waals surface area contributed by atoms with Crippen LogP contribution in [0.3, 0.4) is 0 Å². The molecule has 4 heteroatoms. The smallest absolute Gasteiger partial charge is 0.110 e. The number of benzene rings is 3. The van der Waals surface area contributed by atoms with Crippen LogP contribution in [0.25, 0.3) is 0 Å². The van der Waals surface area contributed by atoms with Gasteiger partial charge in [-0.25, -0.2) is 0 Å². The predicted molar refractivity (Wildman–Crippen MR) is 137 cm³/mol. The third-order valence-electron chi connectivity index (χ3n) is 6.40. The molecule has 1 aliphatic heterocycles. The SMILES string of the molecule is C[C@@H]1N[C@@H](COCC(C)(C)[SiH](c2ccccc2)c2ccccc2)Cc2c(Br)cccc21. The maximum atomic E-state index is 6.42. The predicted octanol–water partition coefficient (Wildman–Crippen LogP) is 4.86. The minimum absolute atomic E-state index is 0.0987. The maximum absolute atomic E-state index is 6.42.